The Kier molecular flexibility index (Phi) is 5.53. The van der Waals surface area contributed by atoms with E-state index in [1.54, 1.807) is 30.3 Å². The molecule has 30 heavy (non-hydrogen) atoms. The number of amides is 3. The zero-order valence-electron chi connectivity index (χ0n) is 16.7. The van der Waals surface area contributed by atoms with E-state index in [4.69, 9.17) is 4.74 Å². The monoisotopic (exact) mass is 410 g/mol. The quantitative estimate of drug-likeness (QED) is 0.707. The van der Waals surface area contributed by atoms with Gasteiger partial charge in [0.05, 0.1) is 24.8 Å². The van der Waals surface area contributed by atoms with Gasteiger partial charge >= 0.3 is 0 Å². The highest BCUT2D eigenvalue weighted by molar-refractivity contribution is 6.23. The van der Waals surface area contributed by atoms with Crippen molar-refractivity contribution in [2.45, 2.75) is 44.2 Å². The summed E-state index contributed by atoms with van der Waals surface area (Å²) in [5.41, 5.74) is 0.352. The van der Waals surface area contributed by atoms with E-state index < -0.39 is 23.7 Å². The first-order valence-electron chi connectivity index (χ1n) is 10.1. The van der Waals surface area contributed by atoms with Crippen molar-refractivity contribution < 1.29 is 23.5 Å². The van der Waals surface area contributed by atoms with Crippen molar-refractivity contribution in [3.8, 4) is 5.75 Å². The molecule has 1 heterocycles. The molecule has 0 aromatic heterocycles. The molecule has 1 saturated heterocycles. The van der Waals surface area contributed by atoms with E-state index in [0.717, 1.165) is 30.6 Å². The van der Waals surface area contributed by atoms with Crippen LogP contribution in [0, 0.1) is 5.82 Å². The molecule has 1 atom stereocenters. The van der Waals surface area contributed by atoms with Crippen molar-refractivity contribution in [2.75, 3.05) is 12.0 Å². The number of carbonyl (C=O) groups is 3. The van der Waals surface area contributed by atoms with Crippen molar-refractivity contribution in [1.29, 1.82) is 0 Å². The van der Waals surface area contributed by atoms with E-state index >= 15 is 0 Å². The van der Waals surface area contributed by atoms with Gasteiger partial charge in [0.2, 0.25) is 5.91 Å². The highest BCUT2D eigenvalue weighted by Crippen LogP contribution is 2.33. The molecule has 0 N–H and O–H groups in total. The average Bonchev–Trinajstić information content (AvgIpc) is 3.37. The molecule has 1 aliphatic heterocycles. The maximum Gasteiger partial charge on any atom is 0.257 e. The third-order valence-corrected chi connectivity index (χ3v) is 5.85. The van der Waals surface area contributed by atoms with Crippen LogP contribution in [0.3, 0.4) is 0 Å². The SMILES string of the molecule is COc1ccc(N2C(=O)CC(N(C(=O)c3ccccc3F)C3CCCC3)C2=O)cc1. The lowest BCUT2D eigenvalue weighted by Crippen LogP contribution is -2.50. The van der Waals surface area contributed by atoms with Crippen molar-refractivity contribution in [1.82, 2.24) is 4.90 Å². The van der Waals surface area contributed by atoms with E-state index in [-0.39, 0.29) is 23.9 Å². The Bertz CT molecular complexity index is 969. The molecular weight excluding hydrogens is 387 g/mol. The van der Waals surface area contributed by atoms with Gasteiger partial charge in [-0.05, 0) is 49.2 Å². The van der Waals surface area contributed by atoms with Crippen molar-refractivity contribution in [2.24, 2.45) is 0 Å². The summed E-state index contributed by atoms with van der Waals surface area (Å²) in [5, 5.41) is 0. The van der Waals surface area contributed by atoms with Crippen LogP contribution in [0.25, 0.3) is 0 Å². The third-order valence-electron chi connectivity index (χ3n) is 5.85. The second kappa shape index (κ2) is 8.26. The number of hydrogen-bond acceptors (Lipinski definition) is 4. The number of methoxy groups -OCH3 is 1. The molecule has 1 aliphatic carbocycles. The maximum absolute atomic E-state index is 14.3. The average molecular weight is 410 g/mol. The Morgan fingerprint density at radius 2 is 1.73 bits per heavy atom. The van der Waals surface area contributed by atoms with Crippen LogP contribution >= 0.6 is 0 Å². The van der Waals surface area contributed by atoms with E-state index in [0.29, 0.717) is 11.4 Å². The summed E-state index contributed by atoms with van der Waals surface area (Å²) in [6.45, 7) is 0. The van der Waals surface area contributed by atoms with Gasteiger partial charge in [-0.2, -0.15) is 0 Å². The van der Waals surface area contributed by atoms with E-state index in [9.17, 15) is 18.8 Å². The second-order valence-electron chi connectivity index (χ2n) is 7.62. The van der Waals surface area contributed by atoms with Gasteiger partial charge in [0.15, 0.2) is 0 Å². The summed E-state index contributed by atoms with van der Waals surface area (Å²) in [6.07, 6.45) is 3.23. The standard InChI is InChI=1S/C23H23FN2O4/c1-30-17-12-10-16(11-13-17)26-21(27)14-20(23(26)29)25(15-6-2-3-7-15)22(28)18-8-4-5-9-19(18)24/h4-5,8-13,15,20H,2-3,6-7,14H2,1H3. The van der Waals surface area contributed by atoms with Crippen LogP contribution in [0.2, 0.25) is 0 Å². The summed E-state index contributed by atoms with van der Waals surface area (Å²) in [6, 6.07) is 11.2. The first kappa shape index (κ1) is 20.1. The van der Waals surface area contributed by atoms with Crippen LogP contribution in [0.15, 0.2) is 48.5 Å². The molecule has 0 radical (unpaired) electrons. The van der Waals surface area contributed by atoms with Crippen LogP contribution in [-0.4, -0.2) is 41.8 Å². The largest absolute Gasteiger partial charge is 0.497 e. The molecule has 1 unspecified atom stereocenters. The number of rotatable bonds is 5. The topological polar surface area (TPSA) is 66.9 Å². The van der Waals surface area contributed by atoms with Gasteiger partial charge in [-0.15, -0.1) is 0 Å². The molecule has 4 rings (SSSR count). The fraction of sp³-hybridized carbons (Fsp3) is 0.348. The van der Waals surface area contributed by atoms with Gasteiger partial charge in [-0.1, -0.05) is 25.0 Å². The van der Waals surface area contributed by atoms with Crippen molar-refractivity contribution in [3.63, 3.8) is 0 Å². The Balaban J connectivity index is 1.67. The predicted octanol–water partition coefficient (Wildman–Crippen LogP) is 3.55. The number of hydrogen-bond donors (Lipinski definition) is 0. The molecule has 0 spiro atoms. The van der Waals surface area contributed by atoms with Gasteiger partial charge in [-0.3, -0.25) is 14.4 Å². The molecule has 2 aliphatic rings. The zero-order chi connectivity index (χ0) is 21.3. The highest BCUT2D eigenvalue weighted by atomic mass is 19.1. The van der Waals surface area contributed by atoms with Crippen LogP contribution in [0.1, 0.15) is 42.5 Å². The van der Waals surface area contributed by atoms with Crippen LogP contribution in [0.5, 0.6) is 5.75 Å². The van der Waals surface area contributed by atoms with Gasteiger partial charge in [0.1, 0.15) is 17.6 Å². The van der Waals surface area contributed by atoms with Crippen molar-refractivity contribution in [3.05, 3.63) is 59.9 Å². The molecule has 0 bridgehead atoms. The lowest BCUT2D eigenvalue weighted by Gasteiger charge is -2.33. The minimum absolute atomic E-state index is 0.0763. The molecule has 6 nitrogen and oxygen atoms in total. The molecule has 3 amide bonds. The number of nitrogens with zero attached hydrogens (tertiary/aromatic N) is 2. The first-order chi connectivity index (χ1) is 14.5. The molecule has 2 fully saturated rings. The summed E-state index contributed by atoms with van der Waals surface area (Å²) in [7, 11) is 1.53. The summed E-state index contributed by atoms with van der Waals surface area (Å²) < 4.78 is 19.5. The summed E-state index contributed by atoms with van der Waals surface area (Å²) in [5.74, 6) is -1.39. The predicted molar refractivity (Wildman–Crippen MR) is 109 cm³/mol. The number of benzene rings is 2. The van der Waals surface area contributed by atoms with Crippen LogP contribution < -0.4 is 9.64 Å². The molecule has 7 heteroatoms. The van der Waals surface area contributed by atoms with E-state index in [1.165, 1.54) is 30.2 Å². The highest BCUT2D eigenvalue weighted by Gasteiger charge is 2.47. The Hall–Kier alpha value is -3.22. The number of ether oxygens (including phenoxy) is 1. The Labute approximate surface area is 174 Å². The van der Waals surface area contributed by atoms with Crippen LogP contribution in [0.4, 0.5) is 10.1 Å². The molecular formula is C23H23FN2O4. The Morgan fingerprint density at radius 3 is 2.37 bits per heavy atom. The minimum atomic E-state index is -0.935. The van der Waals surface area contributed by atoms with Gasteiger partial charge in [0.25, 0.3) is 11.8 Å². The lowest BCUT2D eigenvalue weighted by atomic mass is 10.1. The van der Waals surface area contributed by atoms with Crippen LogP contribution in [-0.2, 0) is 9.59 Å². The molecule has 156 valence electrons. The fourth-order valence-electron chi connectivity index (χ4n) is 4.35. The number of halogens is 1. The molecule has 1 saturated carbocycles. The summed E-state index contributed by atoms with van der Waals surface area (Å²) >= 11 is 0. The molecule has 2 aromatic carbocycles. The Morgan fingerprint density at radius 1 is 1.07 bits per heavy atom. The van der Waals surface area contributed by atoms with Gasteiger partial charge in [-0.25, -0.2) is 9.29 Å². The van der Waals surface area contributed by atoms with Gasteiger partial charge in [0, 0.05) is 6.04 Å². The number of anilines is 1. The zero-order valence-corrected chi connectivity index (χ0v) is 16.7. The first-order valence-corrected chi connectivity index (χ1v) is 10.1. The maximum atomic E-state index is 14.3. The number of imide groups is 1. The van der Waals surface area contributed by atoms with Gasteiger partial charge < -0.3 is 9.64 Å². The van der Waals surface area contributed by atoms with Crippen molar-refractivity contribution >= 4 is 23.4 Å². The minimum Gasteiger partial charge on any atom is -0.497 e. The number of carbonyl (C=O) groups excluding carboxylic acids is 3. The smallest absolute Gasteiger partial charge is 0.257 e. The fourth-order valence-corrected chi connectivity index (χ4v) is 4.35. The summed E-state index contributed by atoms with van der Waals surface area (Å²) in [4.78, 5) is 41.9. The second-order valence-corrected chi connectivity index (χ2v) is 7.62. The van der Waals surface area contributed by atoms with E-state index in [1.807, 2.05) is 0 Å². The molecule has 2 aromatic rings. The lowest BCUT2D eigenvalue weighted by molar-refractivity contribution is -0.123. The van der Waals surface area contributed by atoms with E-state index in [2.05, 4.69) is 0 Å². The third kappa shape index (κ3) is 3.56. The normalized spacial score (nSPS) is 19.4.